The van der Waals surface area contributed by atoms with E-state index in [1.54, 1.807) is 18.4 Å². The van der Waals surface area contributed by atoms with Crippen LogP contribution in [0, 0.1) is 13.8 Å². The Kier molecular flexibility index (Phi) is 8.78. The number of halogens is 1. The lowest BCUT2D eigenvalue weighted by Crippen LogP contribution is -2.38. The number of anilines is 1. The van der Waals surface area contributed by atoms with Crippen LogP contribution in [0.1, 0.15) is 21.1 Å². The molecular weight excluding hydrogens is 473 g/mol. The minimum Gasteiger partial charge on any atom is -0.378 e. The smallest absolute Gasteiger partial charge is 0.191 e. The van der Waals surface area contributed by atoms with E-state index in [-0.39, 0.29) is 24.0 Å². The van der Waals surface area contributed by atoms with Crippen molar-refractivity contribution in [1.82, 2.24) is 15.6 Å². The van der Waals surface area contributed by atoms with Crippen molar-refractivity contribution in [3.8, 4) is 0 Å². The third-order valence-corrected chi connectivity index (χ3v) is 5.50. The van der Waals surface area contributed by atoms with Gasteiger partial charge in [-0.15, -0.1) is 35.3 Å². The molecular formula is C19H28IN5OS. The van der Waals surface area contributed by atoms with Crippen LogP contribution >= 0.6 is 35.3 Å². The van der Waals surface area contributed by atoms with E-state index in [4.69, 9.17) is 4.74 Å². The van der Waals surface area contributed by atoms with Crippen LogP contribution in [-0.4, -0.2) is 44.3 Å². The Bertz CT molecular complexity index is 758. The molecule has 0 amide bonds. The zero-order valence-electron chi connectivity index (χ0n) is 16.1. The van der Waals surface area contributed by atoms with Crippen LogP contribution in [0.15, 0.2) is 29.3 Å². The summed E-state index contributed by atoms with van der Waals surface area (Å²) in [6.45, 7) is 9.02. The van der Waals surface area contributed by atoms with Crippen LogP contribution in [0.3, 0.4) is 0 Å². The molecule has 148 valence electrons. The second kappa shape index (κ2) is 10.8. The molecule has 3 rings (SSSR count). The van der Waals surface area contributed by atoms with Crippen molar-refractivity contribution in [2.75, 3.05) is 38.3 Å². The maximum Gasteiger partial charge on any atom is 0.191 e. The van der Waals surface area contributed by atoms with Crippen molar-refractivity contribution in [2.45, 2.75) is 26.9 Å². The number of hydrogen-bond donors (Lipinski definition) is 2. The highest BCUT2D eigenvalue weighted by Crippen LogP contribution is 2.21. The van der Waals surface area contributed by atoms with Crippen LogP contribution in [0.5, 0.6) is 0 Å². The Labute approximate surface area is 182 Å². The molecule has 0 unspecified atom stereocenters. The summed E-state index contributed by atoms with van der Waals surface area (Å²) in [7, 11) is 1.80. The average molecular weight is 501 g/mol. The van der Waals surface area contributed by atoms with Gasteiger partial charge in [-0.05, 0) is 25.5 Å². The highest BCUT2D eigenvalue weighted by Gasteiger charge is 2.14. The number of thiazole rings is 1. The van der Waals surface area contributed by atoms with Gasteiger partial charge < -0.3 is 20.3 Å². The molecule has 0 saturated carbocycles. The van der Waals surface area contributed by atoms with Crippen molar-refractivity contribution in [2.24, 2.45) is 4.99 Å². The van der Waals surface area contributed by atoms with Crippen molar-refractivity contribution in [3.05, 3.63) is 45.4 Å². The maximum absolute atomic E-state index is 5.47. The number of rotatable bonds is 5. The van der Waals surface area contributed by atoms with E-state index in [0.29, 0.717) is 0 Å². The fourth-order valence-corrected chi connectivity index (χ4v) is 3.95. The minimum absolute atomic E-state index is 0. The Morgan fingerprint density at radius 2 is 1.89 bits per heavy atom. The van der Waals surface area contributed by atoms with Crippen molar-refractivity contribution < 1.29 is 4.74 Å². The first-order chi connectivity index (χ1) is 12.7. The van der Waals surface area contributed by atoms with E-state index < -0.39 is 0 Å². The number of aliphatic imine (C=N–C) groups is 1. The van der Waals surface area contributed by atoms with Gasteiger partial charge in [0, 0.05) is 37.2 Å². The van der Waals surface area contributed by atoms with Crippen LogP contribution in [0.2, 0.25) is 0 Å². The van der Waals surface area contributed by atoms with E-state index in [0.717, 1.165) is 56.1 Å². The standard InChI is InChI=1S/C19H27N5OS.HI/c1-14-18(26-15(2)23-14)13-22-19(20-3)21-12-16-6-4-5-7-17(16)24-8-10-25-11-9-24;/h4-7H,8-13H2,1-3H3,(H2,20,21,22);1H. The molecule has 2 N–H and O–H groups in total. The number of aryl methyl sites for hydroxylation is 2. The molecule has 8 heteroatoms. The predicted octanol–water partition coefficient (Wildman–Crippen LogP) is 3.08. The number of nitrogens with zero attached hydrogens (tertiary/aromatic N) is 3. The van der Waals surface area contributed by atoms with Crippen LogP contribution in [0.25, 0.3) is 0 Å². The van der Waals surface area contributed by atoms with E-state index in [1.165, 1.54) is 16.1 Å². The van der Waals surface area contributed by atoms with Gasteiger partial charge in [0.05, 0.1) is 30.5 Å². The van der Waals surface area contributed by atoms with Crippen molar-refractivity contribution >= 4 is 47.0 Å². The Morgan fingerprint density at radius 1 is 1.19 bits per heavy atom. The van der Waals surface area contributed by atoms with E-state index in [2.05, 4.69) is 56.7 Å². The molecule has 0 bridgehead atoms. The molecule has 0 spiro atoms. The van der Waals surface area contributed by atoms with Crippen molar-refractivity contribution in [1.29, 1.82) is 0 Å². The van der Waals surface area contributed by atoms with E-state index >= 15 is 0 Å². The summed E-state index contributed by atoms with van der Waals surface area (Å²) in [5, 5.41) is 7.91. The van der Waals surface area contributed by atoms with Gasteiger partial charge in [-0.3, -0.25) is 4.99 Å². The van der Waals surface area contributed by atoms with Crippen LogP contribution in [-0.2, 0) is 17.8 Å². The predicted molar refractivity (Wildman–Crippen MR) is 124 cm³/mol. The minimum atomic E-state index is 0. The molecule has 1 fully saturated rings. The first-order valence-electron chi connectivity index (χ1n) is 8.95. The highest BCUT2D eigenvalue weighted by atomic mass is 127. The fraction of sp³-hybridized carbons (Fsp3) is 0.474. The van der Waals surface area contributed by atoms with Gasteiger partial charge in [-0.2, -0.15) is 0 Å². The second-order valence-electron chi connectivity index (χ2n) is 6.25. The third-order valence-electron chi connectivity index (χ3n) is 4.43. The number of hydrogen-bond acceptors (Lipinski definition) is 5. The molecule has 0 radical (unpaired) electrons. The quantitative estimate of drug-likeness (QED) is 0.375. The Morgan fingerprint density at radius 3 is 2.56 bits per heavy atom. The summed E-state index contributed by atoms with van der Waals surface area (Å²) in [5.41, 5.74) is 3.63. The van der Waals surface area contributed by atoms with Crippen molar-refractivity contribution in [3.63, 3.8) is 0 Å². The first kappa shape index (κ1) is 21.9. The number of aromatic nitrogens is 1. The number of benzene rings is 1. The summed E-state index contributed by atoms with van der Waals surface area (Å²) >= 11 is 1.73. The number of guanidine groups is 1. The second-order valence-corrected chi connectivity index (χ2v) is 7.54. The number of nitrogens with one attached hydrogen (secondary N) is 2. The van der Waals surface area contributed by atoms with Gasteiger partial charge in [0.1, 0.15) is 0 Å². The SMILES string of the molecule is CN=C(NCc1ccccc1N1CCOCC1)NCc1sc(C)nc1C.I. The molecule has 1 aliphatic rings. The summed E-state index contributed by atoms with van der Waals surface area (Å²) in [6.07, 6.45) is 0. The lowest BCUT2D eigenvalue weighted by Gasteiger charge is -2.30. The molecule has 1 saturated heterocycles. The molecule has 6 nitrogen and oxygen atoms in total. The van der Waals surface area contributed by atoms with Gasteiger partial charge in [0.25, 0.3) is 0 Å². The molecule has 1 aliphatic heterocycles. The largest absolute Gasteiger partial charge is 0.378 e. The summed E-state index contributed by atoms with van der Waals surface area (Å²) < 4.78 is 5.47. The lowest BCUT2D eigenvalue weighted by molar-refractivity contribution is 0.122. The van der Waals surface area contributed by atoms with Gasteiger partial charge in [-0.1, -0.05) is 18.2 Å². The fourth-order valence-electron chi connectivity index (χ4n) is 3.07. The molecule has 1 aromatic heterocycles. The zero-order valence-corrected chi connectivity index (χ0v) is 19.3. The van der Waals surface area contributed by atoms with Crippen LogP contribution in [0.4, 0.5) is 5.69 Å². The number of morpholine rings is 1. The highest BCUT2D eigenvalue weighted by molar-refractivity contribution is 14.0. The van der Waals surface area contributed by atoms with Gasteiger partial charge in [-0.25, -0.2) is 4.98 Å². The topological polar surface area (TPSA) is 61.8 Å². The molecule has 2 heterocycles. The van der Waals surface area contributed by atoms with Gasteiger partial charge in [0.2, 0.25) is 0 Å². The first-order valence-corrected chi connectivity index (χ1v) is 9.77. The van der Waals surface area contributed by atoms with E-state index in [9.17, 15) is 0 Å². The van der Waals surface area contributed by atoms with E-state index in [1.807, 2.05) is 6.92 Å². The molecule has 1 aromatic carbocycles. The zero-order chi connectivity index (χ0) is 18.4. The Balaban J connectivity index is 0.00000261. The van der Waals surface area contributed by atoms with Gasteiger partial charge >= 0.3 is 0 Å². The molecule has 0 aliphatic carbocycles. The summed E-state index contributed by atoms with van der Waals surface area (Å²) in [5.74, 6) is 0.798. The number of ether oxygens (including phenoxy) is 1. The number of para-hydroxylation sites is 1. The normalized spacial score (nSPS) is 14.6. The van der Waals surface area contributed by atoms with Gasteiger partial charge in [0.15, 0.2) is 5.96 Å². The summed E-state index contributed by atoms with van der Waals surface area (Å²) in [6, 6.07) is 8.53. The Hall–Kier alpha value is -1.39. The third kappa shape index (κ3) is 6.05. The van der Waals surface area contributed by atoms with Crippen LogP contribution < -0.4 is 15.5 Å². The maximum atomic E-state index is 5.47. The molecule has 27 heavy (non-hydrogen) atoms. The molecule has 0 atom stereocenters. The lowest BCUT2D eigenvalue weighted by atomic mass is 10.1. The monoisotopic (exact) mass is 501 g/mol. The summed E-state index contributed by atoms with van der Waals surface area (Å²) in [4.78, 5) is 12.5. The molecule has 2 aromatic rings. The average Bonchev–Trinajstić information content (AvgIpc) is 3.00.